The van der Waals surface area contributed by atoms with Gasteiger partial charge in [0.25, 0.3) is 0 Å². The van der Waals surface area contributed by atoms with Crippen LogP contribution in [0.25, 0.3) is 11.2 Å². The molecular formula is C13H12Cl2N6. The van der Waals surface area contributed by atoms with Crippen molar-refractivity contribution in [3.8, 4) is 0 Å². The maximum absolute atomic E-state index is 6.02. The third-order valence-corrected chi connectivity index (χ3v) is 3.54. The van der Waals surface area contributed by atoms with Gasteiger partial charge in [-0.2, -0.15) is 9.97 Å². The Balaban J connectivity index is 2.01. The molecule has 0 spiro atoms. The van der Waals surface area contributed by atoms with Crippen LogP contribution in [0.2, 0.25) is 10.0 Å². The van der Waals surface area contributed by atoms with Gasteiger partial charge in [0.1, 0.15) is 5.52 Å². The number of rotatable bonds is 4. The Morgan fingerprint density at radius 2 is 2.05 bits per heavy atom. The zero-order chi connectivity index (χ0) is 14.8. The van der Waals surface area contributed by atoms with Gasteiger partial charge in [0.05, 0.1) is 16.4 Å². The van der Waals surface area contributed by atoms with Crippen LogP contribution in [0.15, 0.2) is 24.5 Å². The molecule has 3 aromatic rings. The van der Waals surface area contributed by atoms with Gasteiger partial charge in [-0.05, 0) is 25.1 Å². The predicted molar refractivity (Wildman–Crippen MR) is 85.6 cm³/mol. The van der Waals surface area contributed by atoms with Crippen molar-refractivity contribution in [2.24, 2.45) is 0 Å². The number of fused-ring (bicyclic) bond motifs is 1. The van der Waals surface area contributed by atoms with E-state index in [9.17, 15) is 0 Å². The normalized spacial score (nSPS) is 10.8. The van der Waals surface area contributed by atoms with Crippen molar-refractivity contribution in [3.05, 3.63) is 34.6 Å². The molecule has 0 fully saturated rings. The molecule has 6 nitrogen and oxygen atoms in total. The summed E-state index contributed by atoms with van der Waals surface area (Å²) < 4.78 is 0. The molecule has 0 atom stereocenters. The first-order valence-corrected chi connectivity index (χ1v) is 7.10. The van der Waals surface area contributed by atoms with Gasteiger partial charge in [-0.3, -0.25) is 0 Å². The van der Waals surface area contributed by atoms with Gasteiger partial charge >= 0.3 is 0 Å². The smallest absolute Gasteiger partial charge is 0.226 e. The first kappa shape index (κ1) is 13.9. The monoisotopic (exact) mass is 322 g/mol. The number of nitrogens with zero attached hydrogens (tertiary/aromatic N) is 3. The average molecular weight is 323 g/mol. The van der Waals surface area contributed by atoms with Crippen LogP contribution in [-0.4, -0.2) is 26.5 Å². The van der Waals surface area contributed by atoms with Crippen molar-refractivity contribution in [3.63, 3.8) is 0 Å². The summed E-state index contributed by atoms with van der Waals surface area (Å²) in [7, 11) is 0. The highest BCUT2D eigenvalue weighted by Crippen LogP contribution is 2.28. The molecule has 0 bridgehead atoms. The number of aromatic amines is 1. The lowest BCUT2D eigenvalue weighted by atomic mass is 10.3. The van der Waals surface area contributed by atoms with E-state index in [1.54, 1.807) is 18.5 Å². The highest BCUT2D eigenvalue weighted by Gasteiger charge is 2.10. The summed E-state index contributed by atoms with van der Waals surface area (Å²) >= 11 is 11.9. The fraction of sp³-hybridized carbons (Fsp3) is 0.154. The summed E-state index contributed by atoms with van der Waals surface area (Å²) in [5, 5.41) is 7.25. The van der Waals surface area contributed by atoms with Crippen molar-refractivity contribution >= 4 is 51.8 Å². The summed E-state index contributed by atoms with van der Waals surface area (Å²) in [5.41, 5.74) is 2.09. The number of halogens is 2. The summed E-state index contributed by atoms with van der Waals surface area (Å²) in [6.45, 7) is 2.70. The van der Waals surface area contributed by atoms with Gasteiger partial charge in [-0.1, -0.05) is 23.2 Å². The number of anilines is 3. The maximum atomic E-state index is 6.02. The molecule has 2 heterocycles. The summed E-state index contributed by atoms with van der Waals surface area (Å²) in [5.74, 6) is 1.13. The van der Waals surface area contributed by atoms with Crippen molar-refractivity contribution in [1.29, 1.82) is 0 Å². The van der Waals surface area contributed by atoms with Gasteiger partial charge in [0.2, 0.25) is 5.95 Å². The van der Waals surface area contributed by atoms with Gasteiger partial charge in [-0.15, -0.1) is 0 Å². The van der Waals surface area contributed by atoms with Crippen LogP contribution in [-0.2, 0) is 0 Å². The van der Waals surface area contributed by atoms with Gasteiger partial charge in [0.15, 0.2) is 11.5 Å². The van der Waals surface area contributed by atoms with Gasteiger partial charge in [0, 0.05) is 12.2 Å². The fourth-order valence-corrected chi connectivity index (χ4v) is 2.17. The first-order chi connectivity index (χ1) is 10.2. The lowest BCUT2D eigenvalue weighted by molar-refractivity contribution is 1.10. The fourth-order valence-electron chi connectivity index (χ4n) is 1.87. The molecule has 0 unspecified atom stereocenters. The van der Waals surface area contributed by atoms with Crippen LogP contribution in [0.5, 0.6) is 0 Å². The highest BCUT2D eigenvalue weighted by atomic mass is 35.5. The Labute approximate surface area is 130 Å². The third-order valence-electron chi connectivity index (χ3n) is 2.80. The van der Waals surface area contributed by atoms with Crippen LogP contribution in [0, 0.1) is 0 Å². The average Bonchev–Trinajstić information content (AvgIpc) is 2.92. The largest absolute Gasteiger partial charge is 0.354 e. The van der Waals surface area contributed by atoms with E-state index in [2.05, 4.69) is 30.6 Å². The SMILES string of the molecule is CCNc1nc(Nc2ccc(Cl)c(Cl)c2)c2[nH]cnc2n1. The summed E-state index contributed by atoms with van der Waals surface area (Å²) in [4.78, 5) is 15.9. The van der Waals surface area contributed by atoms with Crippen molar-refractivity contribution in [1.82, 2.24) is 19.9 Å². The number of H-pyrrole nitrogens is 1. The van der Waals surface area contributed by atoms with E-state index in [1.807, 2.05) is 13.0 Å². The number of nitrogens with one attached hydrogen (secondary N) is 3. The number of imidazole rings is 1. The number of benzene rings is 1. The lowest BCUT2D eigenvalue weighted by Crippen LogP contribution is -2.05. The van der Waals surface area contributed by atoms with E-state index in [-0.39, 0.29) is 0 Å². The molecule has 0 saturated heterocycles. The molecule has 8 heteroatoms. The molecule has 3 rings (SSSR count). The van der Waals surface area contributed by atoms with E-state index in [4.69, 9.17) is 23.2 Å². The second-order valence-corrected chi connectivity index (χ2v) is 5.10. The minimum Gasteiger partial charge on any atom is -0.354 e. The summed E-state index contributed by atoms with van der Waals surface area (Å²) in [6, 6.07) is 5.29. The molecule has 0 radical (unpaired) electrons. The van der Waals surface area contributed by atoms with Crippen molar-refractivity contribution < 1.29 is 0 Å². The Bertz CT molecular complexity index is 785. The van der Waals surface area contributed by atoms with Crippen LogP contribution in [0.4, 0.5) is 17.5 Å². The molecule has 0 saturated carbocycles. The van der Waals surface area contributed by atoms with Crippen molar-refractivity contribution in [2.45, 2.75) is 6.92 Å². The highest BCUT2D eigenvalue weighted by molar-refractivity contribution is 6.42. The lowest BCUT2D eigenvalue weighted by Gasteiger charge is -2.09. The second-order valence-electron chi connectivity index (χ2n) is 4.28. The quantitative estimate of drug-likeness (QED) is 0.680. The molecule has 21 heavy (non-hydrogen) atoms. The number of aromatic nitrogens is 4. The number of hydrogen-bond donors (Lipinski definition) is 3. The van der Waals surface area contributed by atoms with E-state index < -0.39 is 0 Å². The molecular weight excluding hydrogens is 311 g/mol. The Morgan fingerprint density at radius 3 is 2.81 bits per heavy atom. The number of hydrogen-bond acceptors (Lipinski definition) is 5. The van der Waals surface area contributed by atoms with E-state index in [0.29, 0.717) is 27.5 Å². The van der Waals surface area contributed by atoms with Gasteiger partial charge < -0.3 is 15.6 Å². The topological polar surface area (TPSA) is 78.5 Å². The zero-order valence-corrected chi connectivity index (χ0v) is 12.6. The Kier molecular flexibility index (Phi) is 3.81. The zero-order valence-electron chi connectivity index (χ0n) is 11.1. The molecule has 0 amide bonds. The molecule has 0 aliphatic carbocycles. The first-order valence-electron chi connectivity index (χ1n) is 6.34. The second kappa shape index (κ2) is 5.75. The van der Waals surface area contributed by atoms with E-state index in [0.717, 1.165) is 17.7 Å². The van der Waals surface area contributed by atoms with E-state index >= 15 is 0 Å². The Morgan fingerprint density at radius 1 is 1.19 bits per heavy atom. The van der Waals surface area contributed by atoms with Crippen LogP contribution in [0.3, 0.4) is 0 Å². The standard InChI is InChI=1S/C13H12Cl2N6/c1-2-16-13-20-11-10(17-6-18-11)12(21-13)19-7-3-4-8(14)9(15)5-7/h3-6H,2H2,1H3,(H3,16,17,18,19,20,21). The molecule has 1 aromatic carbocycles. The minimum absolute atomic E-state index is 0.475. The minimum atomic E-state index is 0.475. The maximum Gasteiger partial charge on any atom is 0.226 e. The van der Waals surface area contributed by atoms with E-state index in [1.165, 1.54) is 0 Å². The summed E-state index contributed by atoms with van der Waals surface area (Å²) in [6.07, 6.45) is 1.58. The molecule has 3 N–H and O–H groups in total. The van der Waals surface area contributed by atoms with Crippen LogP contribution < -0.4 is 10.6 Å². The molecule has 2 aromatic heterocycles. The van der Waals surface area contributed by atoms with Crippen molar-refractivity contribution in [2.75, 3.05) is 17.2 Å². The Hall–Kier alpha value is -2.05. The molecule has 0 aliphatic heterocycles. The van der Waals surface area contributed by atoms with Gasteiger partial charge in [-0.25, -0.2) is 4.98 Å². The van der Waals surface area contributed by atoms with Crippen LogP contribution in [0.1, 0.15) is 6.92 Å². The molecule has 0 aliphatic rings. The third kappa shape index (κ3) is 2.86. The molecule has 108 valence electrons. The van der Waals surface area contributed by atoms with Crippen LogP contribution >= 0.6 is 23.2 Å². The predicted octanol–water partition coefficient (Wildman–Crippen LogP) is 3.84.